The summed E-state index contributed by atoms with van der Waals surface area (Å²) >= 11 is 0. The summed E-state index contributed by atoms with van der Waals surface area (Å²) in [6, 6.07) is 0. The van der Waals surface area contributed by atoms with Gasteiger partial charge in [0.25, 0.3) is 5.91 Å². The summed E-state index contributed by atoms with van der Waals surface area (Å²) in [6.07, 6.45) is 3.01. The maximum absolute atomic E-state index is 13.9. The quantitative estimate of drug-likeness (QED) is 0.244. The van der Waals surface area contributed by atoms with E-state index in [-0.39, 0.29) is 24.8 Å². The van der Waals surface area contributed by atoms with E-state index in [4.69, 9.17) is 9.16 Å². The van der Waals surface area contributed by atoms with Gasteiger partial charge in [-0.2, -0.15) is 5.10 Å². The molecule has 1 amide bonds. The van der Waals surface area contributed by atoms with Crippen LogP contribution in [0, 0.1) is 0 Å². The van der Waals surface area contributed by atoms with Crippen LogP contribution in [0.5, 0.6) is 0 Å². The molecule has 1 aromatic rings. The van der Waals surface area contributed by atoms with Crippen molar-refractivity contribution >= 4 is 30.0 Å². The fourth-order valence-corrected chi connectivity index (χ4v) is 15.0. The summed E-state index contributed by atoms with van der Waals surface area (Å²) in [7, 11) is -5.47. The topological polar surface area (TPSA) is 108 Å². The number of fused-ring (bicyclic) bond motifs is 1. The summed E-state index contributed by atoms with van der Waals surface area (Å²) in [6.45, 7) is 18.4. The largest absolute Gasteiger partial charge is 0.461 e. The molecule has 9 nitrogen and oxygen atoms in total. The molecule has 0 aromatic carbocycles. The van der Waals surface area contributed by atoms with Crippen molar-refractivity contribution in [1.82, 2.24) is 14.7 Å². The van der Waals surface area contributed by atoms with Crippen LogP contribution < -0.4 is 0 Å². The third-order valence-corrected chi connectivity index (χ3v) is 19.0. The van der Waals surface area contributed by atoms with Gasteiger partial charge in [-0.1, -0.05) is 41.5 Å². The molecule has 0 bridgehead atoms. The molecule has 2 saturated carbocycles. The van der Waals surface area contributed by atoms with Gasteiger partial charge in [0.1, 0.15) is 5.69 Å². The number of hydrogen-bond donors (Lipinski definition) is 0. The number of rotatable bonds is 13. The Morgan fingerprint density at radius 1 is 1.05 bits per heavy atom. The molecule has 0 radical (unpaired) electrons. The summed E-state index contributed by atoms with van der Waals surface area (Å²) < 4.78 is 38.9. The van der Waals surface area contributed by atoms with Crippen molar-refractivity contribution in [2.45, 2.75) is 120 Å². The van der Waals surface area contributed by atoms with Crippen LogP contribution in [-0.4, -0.2) is 79.1 Å². The molecular weight excluding hydrogens is 534 g/mol. The normalized spacial score (nSPS) is 20.1. The Balaban J connectivity index is 1.61. The molecule has 0 unspecified atom stereocenters. The van der Waals surface area contributed by atoms with Crippen LogP contribution >= 0.6 is 0 Å². The number of carbonyl (C=O) groups is 2. The van der Waals surface area contributed by atoms with E-state index in [9.17, 15) is 18.0 Å². The first-order valence-corrected chi connectivity index (χ1v) is 18.2. The van der Waals surface area contributed by atoms with Gasteiger partial charge in [0.05, 0.1) is 29.3 Å². The van der Waals surface area contributed by atoms with Crippen LogP contribution in [0.15, 0.2) is 0 Å². The molecule has 2 aliphatic carbocycles. The Labute approximate surface area is 235 Å². The van der Waals surface area contributed by atoms with E-state index in [0.717, 1.165) is 0 Å². The lowest BCUT2D eigenvalue weighted by Gasteiger charge is -2.42. The van der Waals surface area contributed by atoms with Crippen molar-refractivity contribution in [3.63, 3.8) is 0 Å². The van der Waals surface area contributed by atoms with Crippen LogP contribution in [-0.2, 0) is 32.0 Å². The zero-order valence-electron chi connectivity index (χ0n) is 25.0. The first-order valence-electron chi connectivity index (χ1n) is 14.6. The van der Waals surface area contributed by atoms with Crippen LogP contribution in [0.2, 0.25) is 16.6 Å². The maximum atomic E-state index is 13.9. The molecule has 3 aliphatic rings. The second-order valence-corrected chi connectivity index (χ2v) is 21.2. The summed E-state index contributed by atoms with van der Waals surface area (Å²) in [5, 5.41) is 4.57. The first-order chi connectivity index (χ1) is 18.2. The SMILES string of the molecule is CCOC(=O)c1nn(CCO[Si](C(C)C)(C(C)C)C(C)C)c2c1CCN(CC1(S(=O)(=O)C3(C)CC3)CC1)C2=O. The molecule has 1 aliphatic heterocycles. The van der Waals surface area contributed by atoms with Crippen LogP contribution in [0.3, 0.4) is 0 Å². The zero-order chi connectivity index (χ0) is 29.0. The van der Waals surface area contributed by atoms with Gasteiger partial charge in [0, 0.05) is 18.7 Å². The Kier molecular flexibility index (Phi) is 8.22. The van der Waals surface area contributed by atoms with Gasteiger partial charge in [-0.15, -0.1) is 0 Å². The first kappa shape index (κ1) is 30.2. The molecule has 0 N–H and O–H groups in total. The number of amides is 1. The Hall–Kier alpha value is -1.72. The van der Waals surface area contributed by atoms with E-state index in [1.165, 1.54) is 0 Å². The number of sulfone groups is 1. The lowest BCUT2D eigenvalue weighted by atomic mass is 10.0. The van der Waals surface area contributed by atoms with Crippen LogP contribution in [0.25, 0.3) is 0 Å². The highest BCUT2D eigenvalue weighted by atomic mass is 32.2. The highest BCUT2D eigenvalue weighted by Crippen LogP contribution is 2.56. The molecule has 39 heavy (non-hydrogen) atoms. The molecule has 220 valence electrons. The summed E-state index contributed by atoms with van der Waals surface area (Å²) in [5.74, 6) is -0.797. The van der Waals surface area contributed by atoms with Gasteiger partial charge >= 0.3 is 5.97 Å². The highest BCUT2D eigenvalue weighted by Gasteiger charge is 2.65. The van der Waals surface area contributed by atoms with Crippen molar-refractivity contribution in [2.24, 2.45) is 0 Å². The van der Waals surface area contributed by atoms with Gasteiger partial charge < -0.3 is 14.1 Å². The number of nitrogens with zero attached hydrogens (tertiary/aromatic N) is 3. The van der Waals surface area contributed by atoms with Crippen molar-refractivity contribution in [3.05, 3.63) is 17.0 Å². The minimum absolute atomic E-state index is 0.180. The summed E-state index contributed by atoms with van der Waals surface area (Å²) in [4.78, 5) is 28.3. The zero-order valence-corrected chi connectivity index (χ0v) is 26.8. The lowest BCUT2D eigenvalue weighted by Crippen LogP contribution is -2.49. The van der Waals surface area contributed by atoms with E-state index in [1.54, 1.807) is 16.5 Å². The average molecular weight is 582 g/mol. The standard InChI is InChI=1S/C28H47N3O6SSi/c1-9-36-26(33)23-22-10-15-30(18-28(13-14-28)38(34,35)27(8)11-12-27)25(32)24(22)31(29-23)16-17-37-39(19(2)3,20(4)5)21(6)7/h19-21H,9-18H2,1-8H3. The molecule has 4 rings (SSSR count). The molecule has 0 saturated heterocycles. The molecule has 1 aromatic heterocycles. The average Bonchev–Trinajstić information content (AvgIpc) is 3.76. The molecule has 0 spiro atoms. The van der Waals surface area contributed by atoms with Gasteiger partial charge in [-0.25, -0.2) is 13.2 Å². The van der Waals surface area contributed by atoms with Gasteiger partial charge in [-0.3, -0.25) is 9.48 Å². The number of aromatic nitrogens is 2. The van der Waals surface area contributed by atoms with Crippen LogP contribution in [0.4, 0.5) is 0 Å². The smallest absolute Gasteiger partial charge is 0.359 e. The maximum Gasteiger partial charge on any atom is 0.359 e. The second-order valence-electron chi connectivity index (χ2n) is 12.9. The van der Waals surface area contributed by atoms with Gasteiger partial charge in [-0.05, 0) is 62.6 Å². The second kappa shape index (κ2) is 10.6. The molecule has 11 heteroatoms. The third kappa shape index (κ3) is 5.01. The Bertz CT molecular complexity index is 1190. The minimum Gasteiger partial charge on any atom is -0.461 e. The van der Waals surface area contributed by atoms with Crippen molar-refractivity contribution in [1.29, 1.82) is 0 Å². The van der Waals surface area contributed by atoms with Crippen molar-refractivity contribution < 1.29 is 27.2 Å². The predicted molar refractivity (Wildman–Crippen MR) is 153 cm³/mol. The fraction of sp³-hybridized carbons (Fsp3) is 0.821. The molecule has 0 atom stereocenters. The van der Waals surface area contributed by atoms with Gasteiger partial charge in [0.15, 0.2) is 23.8 Å². The Morgan fingerprint density at radius 3 is 2.13 bits per heavy atom. The monoisotopic (exact) mass is 581 g/mol. The fourth-order valence-electron chi connectivity index (χ4n) is 6.92. The summed E-state index contributed by atoms with van der Waals surface area (Å²) in [5.41, 5.74) is 2.39. The van der Waals surface area contributed by atoms with E-state index >= 15 is 0 Å². The molecule has 2 heterocycles. The number of hydrogen-bond acceptors (Lipinski definition) is 7. The van der Waals surface area contributed by atoms with Crippen molar-refractivity contribution in [2.75, 3.05) is 26.3 Å². The van der Waals surface area contributed by atoms with E-state index in [2.05, 4.69) is 46.6 Å². The molecule has 2 fully saturated rings. The number of carbonyl (C=O) groups excluding carboxylic acids is 2. The van der Waals surface area contributed by atoms with Gasteiger partial charge in [0.2, 0.25) is 0 Å². The molecular formula is C28H47N3O6SSi. The minimum atomic E-state index is -3.34. The van der Waals surface area contributed by atoms with E-state index in [1.807, 2.05) is 6.92 Å². The van der Waals surface area contributed by atoms with E-state index < -0.39 is 33.6 Å². The lowest BCUT2D eigenvalue weighted by molar-refractivity contribution is 0.0516. The predicted octanol–water partition coefficient (Wildman–Crippen LogP) is 4.75. The highest BCUT2D eigenvalue weighted by molar-refractivity contribution is 7.94. The number of ether oxygens (including phenoxy) is 1. The van der Waals surface area contributed by atoms with Crippen LogP contribution in [0.1, 0.15) is 108 Å². The third-order valence-electron chi connectivity index (χ3n) is 9.46. The number of esters is 1. The van der Waals surface area contributed by atoms with E-state index in [0.29, 0.717) is 79.7 Å². The van der Waals surface area contributed by atoms with Crippen molar-refractivity contribution in [3.8, 4) is 0 Å². The Morgan fingerprint density at radius 2 is 1.64 bits per heavy atom.